The topological polar surface area (TPSA) is 20.2 Å². The lowest BCUT2D eigenvalue weighted by atomic mass is 10.1. The molecule has 1 heteroatoms. The number of hydrogen-bond acceptors (Lipinski definition) is 1. The monoisotopic (exact) mass is 128 g/mol. The van der Waals surface area contributed by atoms with E-state index in [0.29, 0.717) is 0 Å². The summed E-state index contributed by atoms with van der Waals surface area (Å²) in [6.07, 6.45) is 6.69. The zero-order valence-corrected chi connectivity index (χ0v) is 6.30. The highest BCUT2D eigenvalue weighted by Gasteiger charge is 1.94. The average Bonchev–Trinajstić information content (AvgIpc) is 1.85. The Morgan fingerprint density at radius 1 is 1.56 bits per heavy atom. The molecule has 0 aliphatic heterocycles. The molecule has 0 aromatic heterocycles. The molecule has 0 saturated carbocycles. The molecule has 0 spiro atoms. The van der Waals surface area contributed by atoms with E-state index < -0.39 is 0 Å². The summed E-state index contributed by atoms with van der Waals surface area (Å²) in [5.74, 6) is 0. The summed E-state index contributed by atoms with van der Waals surface area (Å²) >= 11 is 0. The number of rotatable bonds is 4. The molecular weight excluding hydrogens is 112 g/mol. The van der Waals surface area contributed by atoms with Gasteiger partial charge in [0.15, 0.2) is 0 Å². The van der Waals surface area contributed by atoms with Crippen LogP contribution in [0.3, 0.4) is 0 Å². The fourth-order valence-electron chi connectivity index (χ4n) is 0.732. The van der Waals surface area contributed by atoms with Gasteiger partial charge >= 0.3 is 0 Å². The number of unbranched alkanes of at least 4 members (excludes halogenated alkanes) is 1. The van der Waals surface area contributed by atoms with Crippen LogP contribution in [0.25, 0.3) is 0 Å². The van der Waals surface area contributed by atoms with Crippen LogP contribution in [0.2, 0.25) is 0 Å². The van der Waals surface area contributed by atoms with Gasteiger partial charge in [-0.2, -0.15) is 0 Å². The van der Waals surface area contributed by atoms with Crippen LogP contribution < -0.4 is 0 Å². The molecule has 0 unspecified atom stereocenters. The Morgan fingerprint density at radius 3 is 2.67 bits per heavy atom. The van der Waals surface area contributed by atoms with Crippen molar-refractivity contribution in [3.8, 4) is 0 Å². The molecule has 0 amide bonds. The van der Waals surface area contributed by atoms with Crippen molar-refractivity contribution in [2.24, 2.45) is 0 Å². The Hall–Kier alpha value is -0.300. The minimum absolute atomic E-state index is 0.213. The summed E-state index contributed by atoms with van der Waals surface area (Å²) in [7, 11) is 0. The molecule has 0 bridgehead atoms. The predicted molar refractivity (Wildman–Crippen MR) is 40.3 cm³/mol. The summed E-state index contributed by atoms with van der Waals surface area (Å²) < 4.78 is 0. The third kappa shape index (κ3) is 5.57. The molecule has 9 heavy (non-hydrogen) atoms. The van der Waals surface area contributed by atoms with Crippen LogP contribution in [0.5, 0.6) is 0 Å². The van der Waals surface area contributed by atoms with Gasteiger partial charge in [0.25, 0.3) is 0 Å². The van der Waals surface area contributed by atoms with Gasteiger partial charge in [-0.1, -0.05) is 31.9 Å². The molecule has 0 radical (unpaired) electrons. The van der Waals surface area contributed by atoms with Gasteiger partial charge in [0.2, 0.25) is 0 Å². The normalized spacial score (nSPS) is 14.6. The number of aliphatic hydroxyl groups is 1. The molecule has 0 rings (SSSR count). The minimum atomic E-state index is -0.213. The predicted octanol–water partition coefficient (Wildman–Crippen LogP) is 2.11. The van der Waals surface area contributed by atoms with E-state index in [2.05, 4.69) is 6.92 Å². The summed E-state index contributed by atoms with van der Waals surface area (Å²) in [4.78, 5) is 0. The molecule has 1 nitrogen and oxygen atoms in total. The third-order valence-electron chi connectivity index (χ3n) is 1.27. The Kier molecular flexibility index (Phi) is 5.64. The van der Waals surface area contributed by atoms with Crippen LogP contribution in [0, 0.1) is 0 Å². The van der Waals surface area contributed by atoms with Crippen LogP contribution in [0.1, 0.15) is 33.1 Å². The van der Waals surface area contributed by atoms with Crippen molar-refractivity contribution >= 4 is 0 Å². The van der Waals surface area contributed by atoms with Gasteiger partial charge in [-0.05, 0) is 13.3 Å². The van der Waals surface area contributed by atoms with Gasteiger partial charge < -0.3 is 5.11 Å². The van der Waals surface area contributed by atoms with Crippen LogP contribution in [0.15, 0.2) is 12.2 Å². The Labute approximate surface area is 57.4 Å². The van der Waals surface area contributed by atoms with Crippen molar-refractivity contribution in [2.45, 2.75) is 39.2 Å². The molecule has 0 aliphatic carbocycles. The lowest BCUT2D eigenvalue weighted by molar-refractivity contribution is 0.209. The largest absolute Gasteiger partial charge is 0.389 e. The van der Waals surface area contributed by atoms with Crippen molar-refractivity contribution in [3.05, 3.63) is 12.2 Å². The molecule has 0 aromatic carbocycles. The first-order valence-electron chi connectivity index (χ1n) is 3.62. The van der Waals surface area contributed by atoms with Crippen molar-refractivity contribution in [1.29, 1.82) is 0 Å². The van der Waals surface area contributed by atoms with Crippen molar-refractivity contribution in [3.63, 3.8) is 0 Å². The van der Waals surface area contributed by atoms with Crippen LogP contribution >= 0.6 is 0 Å². The first-order valence-corrected chi connectivity index (χ1v) is 3.62. The second kappa shape index (κ2) is 5.83. The van der Waals surface area contributed by atoms with Gasteiger partial charge in [-0.3, -0.25) is 0 Å². The lowest BCUT2D eigenvalue weighted by Crippen LogP contribution is -2.00. The summed E-state index contributed by atoms with van der Waals surface area (Å²) in [6, 6.07) is 0. The van der Waals surface area contributed by atoms with Gasteiger partial charge in [0.1, 0.15) is 0 Å². The zero-order chi connectivity index (χ0) is 7.11. The molecule has 1 atom stereocenters. The van der Waals surface area contributed by atoms with Gasteiger partial charge in [0, 0.05) is 0 Å². The standard InChI is InChI=1S/C8H16O/c1-3-5-7-8(9)6-4-2/h4,6,8-9H,3,5,7H2,1-2H3/t8-/m0/s1. The van der Waals surface area contributed by atoms with E-state index in [9.17, 15) is 0 Å². The fraction of sp³-hybridized carbons (Fsp3) is 0.750. The summed E-state index contributed by atoms with van der Waals surface area (Å²) in [5, 5.41) is 9.09. The van der Waals surface area contributed by atoms with E-state index in [1.165, 1.54) is 0 Å². The van der Waals surface area contributed by atoms with Crippen LogP contribution in [-0.4, -0.2) is 11.2 Å². The SMILES string of the molecule is CC=C[C@H](O)CCCC. The molecule has 1 N–H and O–H groups in total. The second-order valence-corrected chi connectivity index (χ2v) is 2.24. The third-order valence-corrected chi connectivity index (χ3v) is 1.27. The quantitative estimate of drug-likeness (QED) is 0.575. The Morgan fingerprint density at radius 2 is 2.22 bits per heavy atom. The number of hydrogen-bond donors (Lipinski definition) is 1. The maximum Gasteiger partial charge on any atom is 0.0720 e. The van der Waals surface area contributed by atoms with E-state index >= 15 is 0 Å². The Balaban J connectivity index is 3.15. The van der Waals surface area contributed by atoms with Gasteiger partial charge in [-0.25, -0.2) is 0 Å². The van der Waals surface area contributed by atoms with Crippen LogP contribution in [0.4, 0.5) is 0 Å². The first kappa shape index (κ1) is 8.70. The molecule has 0 fully saturated rings. The van der Waals surface area contributed by atoms with Crippen molar-refractivity contribution in [1.82, 2.24) is 0 Å². The lowest BCUT2D eigenvalue weighted by Gasteiger charge is -2.01. The highest BCUT2D eigenvalue weighted by Crippen LogP contribution is 2.00. The maximum absolute atomic E-state index is 9.09. The average molecular weight is 128 g/mol. The van der Waals surface area contributed by atoms with E-state index in [4.69, 9.17) is 5.11 Å². The van der Waals surface area contributed by atoms with Crippen molar-refractivity contribution in [2.75, 3.05) is 0 Å². The van der Waals surface area contributed by atoms with E-state index in [-0.39, 0.29) is 6.10 Å². The maximum atomic E-state index is 9.09. The second-order valence-electron chi connectivity index (χ2n) is 2.24. The van der Waals surface area contributed by atoms with E-state index in [1.54, 1.807) is 0 Å². The smallest absolute Gasteiger partial charge is 0.0720 e. The molecule has 0 aliphatic rings. The summed E-state index contributed by atoms with van der Waals surface area (Å²) in [5.41, 5.74) is 0. The zero-order valence-electron chi connectivity index (χ0n) is 6.30. The molecule has 0 saturated heterocycles. The van der Waals surface area contributed by atoms with Crippen LogP contribution in [-0.2, 0) is 0 Å². The summed E-state index contributed by atoms with van der Waals surface area (Å²) in [6.45, 7) is 4.05. The molecule has 0 aromatic rings. The highest BCUT2D eigenvalue weighted by molar-refractivity contribution is 4.84. The molecular formula is C8H16O. The van der Waals surface area contributed by atoms with Crippen molar-refractivity contribution < 1.29 is 5.11 Å². The fourth-order valence-corrected chi connectivity index (χ4v) is 0.732. The number of allylic oxidation sites excluding steroid dienone is 1. The van der Waals surface area contributed by atoms with Gasteiger partial charge in [-0.15, -0.1) is 0 Å². The Bertz CT molecular complexity index is 76.6. The minimum Gasteiger partial charge on any atom is -0.389 e. The molecule has 54 valence electrons. The first-order chi connectivity index (χ1) is 4.31. The molecule has 0 heterocycles. The van der Waals surface area contributed by atoms with E-state index in [0.717, 1.165) is 19.3 Å². The highest BCUT2D eigenvalue weighted by atomic mass is 16.3. The number of aliphatic hydroxyl groups excluding tert-OH is 1. The van der Waals surface area contributed by atoms with E-state index in [1.807, 2.05) is 19.1 Å². The van der Waals surface area contributed by atoms with Gasteiger partial charge in [0.05, 0.1) is 6.10 Å².